The summed E-state index contributed by atoms with van der Waals surface area (Å²) in [5, 5.41) is 3.36. The van der Waals surface area contributed by atoms with Crippen LogP contribution in [0.1, 0.15) is 26.3 Å². The van der Waals surface area contributed by atoms with E-state index in [1.54, 1.807) is 12.1 Å². The summed E-state index contributed by atoms with van der Waals surface area (Å²) in [6.07, 6.45) is 0. The molecule has 2 nitrogen and oxygen atoms in total. The molecule has 0 heterocycles. The van der Waals surface area contributed by atoms with E-state index < -0.39 is 0 Å². The molecule has 2 rings (SSSR count). The van der Waals surface area contributed by atoms with Crippen molar-refractivity contribution in [3.05, 3.63) is 53.8 Å². The number of hydrogen-bond acceptors (Lipinski definition) is 2. The summed E-state index contributed by atoms with van der Waals surface area (Å²) >= 11 is 0. The molecule has 1 N–H and O–H groups in total. The van der Waals surface area contributed by atoms with E-state index in [2.05, 4.69) is 26.1 Å². The number of ether oxygens (including phenoxy) is 1. The zero-order valence-corrected chi connectivity index (χ0v) is 12.3. The maximum Gasteiger partial charge on any atom is 0.165 e. The Hall–Kier alpha value is -2.03. The van der Waals surface area contributed by atoms with Crippen LogP contribution in [0.3, 0.4) is 0 Å². The van der Waals surface area contributed by atoms with Gasteiger partial charge in [-0.2, -0.15) is 0 Å². The zero-order valence-electron chi connectivity index (χ0n) is 12.3. The van der Waals surface area contributed by atoms with Crippen molar-refractivity contribution in [1.82, 2.24) is 0 Å². The van der Waals surface area contributed by atoms with Crippen LogP contribution in [0, 0.1) is 12.7 Å². The number of hydrogen-bond donors (Lipinski definition) is 1. The summed E-state index contributed by atoms with van der Waals surface area (Å²) < 4.78 is 19.2. The second kappa shape index (κ2) is 5.53. The summed E-state index contributed by atoms with van der Waals surface area (Å²) in [7, 11) is 0. The highest BCUT2D eigenvalue weighted by molar-refractivity contribution is 5.48. The molecule has 0 aliphatic carbocycles. The minimum Gasteiger partial charge on any atom is -0.454 e. The standard InChI is InChI=1S/C17H20FNO/c1-12-5-10-15(18)16(11-12)20-14-8-6-13(7-9-14)19-17(2,3)4/h5-11,19H,1-4H3. The largest absolute Gasteiger partial charge is 0.454 e. The molecule has 0 spiro atoms. The summed E-state index contributed by atoms with van der Waals surface area (Å²) in [5.41, 5.74) is 1.98. The van der Waals surface area contributed by atoms with E-state index in [9.17, 15) is 4.39 Å². The molecule has 0 aliphatic heterocycles. The van der Waals surface area contributed by atoms with Crippen molar-refractivity contribution in [1.29, 1.82) is 0 Å². The van der Waals surface area contributed by atoms with Crippen LogP contribution in [0.15, 0.2) is 42.5 Å². The SMILES string of the molecule is Cc1ccc(F)c(Oc2ccc(NC(C)(C)C)cc2)c1. The molecular weight excluding hydrogens is 253 g/mol. The molecule has 2 aromatic rings. The summed E-state index contributed by atoms with van der Waals surface area (Å²) in [5.74, 6) is 0.517. The third-order valence-electron chi connectivity index (χ3n) is 2.69. The van der Waals surface area contributed by atoms with Gasteiger partial charge in [0.15, 0.2) is 11.6 Å². The second-order valence-corrected chi connectivity index (χ2v) is 5.94. The molecule has 0 amide bonds. The molecule has 0 aliphatic rings. The van der Waals surface area contributed by atoms with Crippen molar-refractivity contribution in [2.24, 2.45) is 0 Å². The van der Waals surface area contributed by atoms with Gasteiger partial charge in [0.2, 0.25) is 0 Å². The Morgan fingerprint density at radius 1 is 1.00 bits per heavy atom. The molecule has 0 unspecified atom stereocenters. The van der Waals surface area contributed by atoms with E-state index in [0.717, 1.165) is 11.3 Å². The van der Waals surface area contributed by atoms with Gasteiger partial charge in [0.25, 0.3) is 0 Å². The van der Waals surface area contributed by atoms with E-state index in [4.69, 9.17) is 4.74 Å². The monoisotopic (exact) mass is 273 g/mol. The van der Waals surface area contributed by atoms with Crippen LogP contribution < -0.4 is 10.1 Å². The van der Waals surface area contributed by atoms with E-state index in [1.165, 1.54) is 6.07 Å². The van der Waals surface area contributed by atoms with E-state index in [-0.39, 0.29) is 17.1 Å². The highest BCUT2D eigenvalue weighted by Gasteiger charge is 2.09. The molecule has 0 saturated carbocycles. The van der Waals surface area contributed by atoms with E-state index in [0.29, 0.717) is 5.75 Å². The van der Waals surface area contributed by atoms with Crippen LogP contribution in [0.2, 0.25) is 0 Å². The molecule has 2 aromatic carbocycles. The first kappa shape index (κ1) is 14.4. The summed E-state index contributed by atoms with van der Waals surface area (Å²) in [4.78, 5) is 0. The maximum atomic E-state index is 13.6. The molecule has 0 bridgehead atoms. The lowest BCUT2D eigenvalue weighted by atomic mass is 10.1. The molecule has 20 heavy (non-hydrogen) atoms. The van der Waals surface area contributed by atoms with Crippen molar-refractivity contribution >= 4 is 5.69 Å². The minimum absolute atomic E-state index is 0.00498. The first-order chi connectivity index (χ1) is 9.33. The maximum absolute atomic E-state index is 13.6. The average molecular weight is 273 g/mol. The molecule has 0 aromatic heterocycles. The Balaban J connectivity index is 2.13. The second-order valence-electron chi connectivity index (χ2n) is 5.94. The number of benzene rings is 2. The lowest BCUT2D eigenvalue weighted by molar-refractivity contribution is 0.442. The Bertz CT molecular complexity index is 585. The van der Waals surface area contributed by atoms with Crippen LogP contribution in [0.4, 0.5) is 10.1 Å². The van der Waals surface area contributed by atoms with Gasteiger partial charge in [-0.1, -0.05) is 6.07 Å². The number of anilines is 1. The van der Waals surface area contributed by atoms with Crippen molar-refractivity contribution in [2.45, 2.75) is 33.2 Å². The molecule has 106 valence electrons. The topological polar surface area (TPSA) is 21.3 Å². The van der Waals surface area contributed by atoms with Gasteiger partial charge in [0.05, 0.1) is 0 Å². The van der Waals surface area contributed by atoms with Gasteiger partial charge in [-0.05, 0) is 69.7 Å². The Labute approximate surface area is 119 Å². The normalized spacial score (nSPS) is 11.2. The fourth-order valence-electron chi connectivity index (χ4n) is 1.86. The first-order valence-electron chi connectivity index (χ1n) is 6.66. The lowest BCUT2D eigenvalue weighted by Gasteiger charge is -2.22. The molecular formula is C17H20FNO. The van der Waals surface area contributed by atoms with Crippen LogP contribution in [0.5, 0.6) is 11.5 Å². The molecule has 0 fully saturated rings. The van der Waals surface area contributed by atoms with Gasteiger partial charge in [-0.15, -0.1) is 0 Å². The van der Waals surface area contributed by atoms with Gasteiger partial charge < -0.3 is 10.1 Å². The third kappa shape index (κ3) is 3.98. The fraction of sp³-hybridized carbons (Fsp3) is 0.294. The summed E-state index contributed by atoms with van der Waals surface area (Å²) in [6, 6.07) is 12.3. The van der Waals surface area contributed by atoms with Crippen molar-refractivity contribution in [3.8, 4) is 11.5 Å². The number of aryl methyl sites for hydroxylation is 1. The average Bonchev–Trinajstić information content (AvgIpc) is 2.34. The van der Waals surface area contributed by atoms with Crippen LogP contribution >= 0.6 is 0 Å². The number of halogens is 1. The fourth-order valence-corrected chi connectivity index (χ4v) is 1.86. The number of rotatable bonds is 3. The van der Waals surface area contributed by atoms with E-state index >= 15 is 0 Å². The predicted molar refractivity (Wildman–Crippen MR) is 81.0 cm³/mol. The quantitative estimate of drug-likeness (QED) is 0.836. The molecule has 0 radical (unpaired) electrons. The zero-order chi connectivity index (χ0) is 14.8. The smallest absolute Gasteiger partial charge is 0.165 e. The molecule has 3 heteroatoms. The summed E-state index contributed by atoms with van der Waals surface area (Å²) in [6.45, 7) is 8.20. The van der Waals surface area contributed by atoms with Gasteiger partial charge in [-0.25, -0.2) is 4.39 Å². The Morgan fingerprint density at radius 3 is 2.25 bits per heavy atom. The first-order valence-corrected chi connectivity index (χ1v) is 6.66. The van der Waals surface area contributed by atoms with Crippen molar-refractivity contribution < 1.29 is 9.13 Å². The van der Waals surface area contributed by atoms with Crippen molar-refractivity contribution in [2.75, 3.05) is 5.32 Å². The van der Waals surface area contributed by atoms with Gasteiger partial charge in [0.1, 0.15) is 5.75 Å². The Kier molecular flexibility index (Phi) is 3.98. The third-order valence-corrected chi connectivity index (χ3v) is 2.69. The van der Waals surface area contributed by atoms with Crippen LogP contribution in [-0.2, 0) is 0 Å². The molecule has 0 saturated heterocycles. The minimum atomic E-state index is -0.354. The highest BCUT2D eigenvalue weighted by atomic mass is 19.1. The van der Waals surface area contributed by atoms with Gasteiger partial charge in [0, 0.05) is 11.2 Å². The lowest BCUT2D eigenvalue weighted by Crippen LogP contribution is -2.25. The predicted octanol–water partition coefficient (Wildman–Crippen LogP) is 5.14. The number of nitrogens with one attached hydrogen (secondary N) is 1. The van der Waals surface area contributed by atoms with E-state index in [1.807, 2.05) is 31.2 Å². The van der Waals surface area contributed by atoms with Gasteiger partial charge >= 0.3 is 0 Å². The van der Waals surface area contributed by atoms with Crippen molar-refractivity contribution in [3.63, 3.8) is 0 Å². The van der Waals surface area contributed by atoms with Crippen LogP contribution in [0.25, 0.3) is 0 Å². The highest BCUT2D eigenvalue weighted by Crippen LogP contribution is 2.27. The van der Waals surface area contributed by atoms with Gasteiger partial charge in [-0.3, -0.25) is 0 Å². The van der Waals surface area contributed by atoms with Crippen LogP contribution in [-0.4, -0.2) is 5.54 Å². The molecule has 0 atom stereocenters. The Morgan fingerprint density at radius 2 is 1.65 bits per heavy atom.